The number of nitrogens with one attached hydrogen (secondary N) is 1. The summed E-state index contributed by atoms with van der Waals surface area (Å²) in [6, 6.07) is 5.27. The fourth-order valence-electron chi connectivity index (χ4n) is 7.57. The van der Waals surface area contributed by atoms with Crippen molar-refractivity contribution in [1.82, 2.24) is 14.6 Å². The van der Waals surface area contributed by atoms with Crippen LogP contribution in [-0.4, -0.2) is 78.7 Å². The molecule has 2 aliphatic heterocycles. The molecule has 1 N–H and O–H groups in total. The summed E-state index contributed by atoms with van der Waals surface area (Å²) >= 11 is 1.64. The SMILES string of the molecule is C=C[C@H]1C[C@]1(CC(=O)[C@@H]1C[C@@H]2CN1C(=O)[C@H](C(C)(C)C)CC(=O)OCCCCCc1cc(SC)c3ccnc(c3c1)O2)C(=O)NS(=O)(=O)C1CC1. The molecule has 51 heavy (non-hydrogen) atoms. The van der Waals surface area contributed by atoms with Gasteiger partial charge in [0.15, 0.2) is 5.78 Å². The Balaban J connectivity index is 1.35. The van der Waals surface area contributed by atoms with Crippen molar-refractivity contribution in [2.45, 2.75) is 107 Å². The topological polar surface area (TPSA) is 149 Å². The average molecular weight is 740 g/mol. The highest BCUT2D eigenvalue weighted by atomic mass is 32.2. The van der Waals surface area contributed by atoms with E-state index < -0.39 is 56.0 Å². The normalized spacial score (nSPS) is 27.6. The second kappa shape index (κ2) is 14.5. The van der Waals surface area contributed by atoms with E-state index in [0.717, 1.165) is 40.5 Å². The van der Waals surface area contributed by atoms with Crippen LogP contribution in [0.2, 0.25) is 0 Å². The van der Waals surface area contributed by atoms with E-state index in [1.165, 1.54) is 4.90 Å². The quantitative estimate of drug-likeness (QED) is 0.212. The number of aromatic nitrogens is 1. The zero-order valence-electron chi connectivity index (χ0n) is 29.9. The first kappa shape index (κ1) is 37.3. The number of allylic oxidation sites excluding steroid dienone is 1. The Hall–Kier alpha value is -3.45. The molecule has 0 spiro atoms. The van der Waals surface area contributed by atoms with Crippen LogP contribution in [0.25, 0.3) is 10.8 Å². The number of rotatable bonds is 8. The van der Waals surface area contributed by atoms with Crippen LogP contribution >= 0.6 is 11.8 Å². The van der Waals surface area contributed by atoms with Crippen molar-refractivity contribution in [3.63, 3.8) is 0 Å². The van der Waals surface area contributed by atoms with E-state index in [1.54, 1.807) is 24.0 Å². The zero-order valence-corrected chi connectivity index (χ0v) is 31.6. The fraction of sp³-hybridized carbons (Fsp3) is 0.605. The van der Waals surface area contributed by atoms with Gasteiger partial charge in [0, 0.05) is 34.7 Å². The van der Waals surface area contributed by atoms with Crippen LogP contribution in [0, 0.1) is 22.7 Å². The van der Waals surface area contributed by atoms with Gasteiger partial charge in [-0.15, -0.1) is 18.3 Å². The summed E-state index contributed by atoms with van der Waals surface area (Å²) in [7, 11) is -3.84. The number of Topliss-reactive ketones (excluding diaryl/α,β-unsaturated/α-hetero) is 1. The number of ketones is 1. The summed E-state index contributed by atoms with van der Waals surface area (Å²) in [6.07, 6.45) is 9.05. The number of nitrogens with zero attached hydrogens (tertiary/aromatic N) is 2. The third-order valence-corrected chi connectivity index (χ3v) is 13.5. The van der Waals surface area contributed by atoms with E-state index in [-0.39, 0.29) is 56.4 Å². The summed E-state index contributed by atoms with van der Waals surface area (Å²) in [6.45, 7) is 9.81. The van der Waals surface area contributed by atoms with Gasteiger partial charge in [-0.2, -0.15) is 0 Å². The molecular weight excluding hydrogens is 691 g/mol. The lowest BCUT2D eigenvalue weighted by atomic mass is 9.77. The van der Waals surface area contributed by atoms with Gasteiger partial charge in [-0.25, -0.2) is 13.4 Å². The molecule has 4 bridgehead atoms. The number of hydrogen-bond donors (Lipinski definition) is 1. The van der Waals surface area contributed by atoms with E-state index in [2.05, 4.69) is 28.4 Å². The number of hydrogen-bond acceptors (Lipinski definition) is 10. The van der Waals surface area contributed by atoms with Crippen LogP contribution in [0.5, 0.6) is 5.88 Å². The number of ether oxygens (including phenoxy) is 2. The lowest BCUT2D eigenvalue weighted by Crippen LogP contribution is -2.48. The number of carbonyl (C=O) groups excluding carboxylic acids is 4. The number of benzene rings is 1. The smallest absolute Gasteiger partial charge is 0.306 e. The van der Waals surface area contributed by atoms with Crippen molar-refractivity contribution in [3.8, 4) is 5.88 Å². The van der Waals surface area contributed by atoms with E-state index in [1.807, 2.05) is 33.1 Å². The second-order valence-corrected chi connectivity index (χ2v) is 18.5. The summed E-state index contributed by atoms with van der Waals surface area (Å²) < 4.78 is 39.9. The second-order valence-electron chi connectivity index (χ2n) is 15.7. The van der Waals surface area contributed by atoms with Crippen molar-refractivity contribution in [2.75, 3.05) is 19.4 Å². The van der Waals surface area contributed by atoms with Crippen molar-refractivity contribution in [2.24, 2.45) is 22.7 Å². The van der Waals surface area contributed by atoms with E-state index in [0.29, 0.717) is 25.1 Å². The van der Waals surface area contributed by atoms with Gasteiger partial charge in [0.2, 0.25) is 27.7 Å². The van der Waals surface area contributed by atoms with E-state index >= 15 is 0 Å². The molecule has 6 rings (SSSR count). The van der Waals surface area contributed by atoms with Crippen molar-refractivity contribution in [1.29, 1.82) is 0 Å². The Morgan fingerprint density at radius 2 is 1.92 bits per heavy atom. The molecule has 1 aromatic carbocycles. The Morgan fingerprint density at radius 3 is 2.59 bits per heavy atom. The van der Waals surface area contributed by atoms with E-state index in [9.17, 15) is 27.6 Å². The van der Waals surface area contributed by atoms with Gasteiger partial charge in [-0.1, -0.05) is 26.8 Å². The number of carbonyl (C=O) groups is 4. The van der Waals surface area contributed by atoms with Crippen molar-refractivity contribution in [3.05, 3.63) is 42.6 Å². The highest BCUT2D eigenvalue weighted by Crippen LogP contribution is 2.57. The fourth-order valence-corrected chi connectivity index (χ4v) is 9.62. The molecule has 2 aromatic rings. The molecule has 276 valence electrons. The first-order chi connectivity index (χ1) is 24.2. The number of aryl methyl sites for hydroxylation is 1. The number of sulfonamides is 1. The predicted molar refractivity (Wildman–Crippen MR) is 195 cm³/mol. The van der Waals surface area contributed by atoms with Crippen LogP contribution in [0.3, 0.4) is 0 Å². The molecule has 2 saturated carbocycles. The minimum absolute atomic E-state index is 0.0736. The summed E-state index contributed by atoms with van der Waals surface area (Å²) in [5, 5.41) is 1.26. The molecule has 1 aromatic heterocycles. The Morgan fingerprint density at radius 1 is 1.16 bits per heavy atom. The first-order valence-electron chi connectivity index (χ1n) is 18.0. The molecule has 11 nitrogen and oxygen atoms in total. The summed E-state index contributed by atoms with van der Waals surface area (Å²) in [5.41, 5.74) is -0.773. The molecule has 2 aliphatic carbocycles. The molecular formula is C38H49N3O8S2. The van der Waals surface area contributed by atoms with Crippen molar-refractivity contribution < 1.29 is 37.1 Å². The number of esters is 1. The van der Waals surface area contributed by atoms with Gasteiger partial charge in [-0.3, -0.25) is 23.9 Å². The first-order valence-corrected chi connectivity index (χ1v) is 20.7. The monoisotopic (exact) mass is 739 g/mol. The largest absolute Gasteiger partial charge is 0.472 e. The molecule has 2 amide bonds. The standard InChI is InChI=1S/C38H49N3O8S2/c1-6-24-20-38(24,36(45)40-51(46,47)26-11-12-26)21-31(42)30-18-25-22-41(30)35(44)29(37(2,3)4)19-33(43)48-15-9-7-8-10-23-16-28-27(32(17-23)50-5)13-14-39-34(28)49-25/h6,13-14,16-17,24-26,29-30H,1,7-12,15,18-22H2,2-5H3,(H,40,45)/t24-,25+,29+,30-,38+/m0/s1. The number of thioether (sulfide) groups is 1. The zero-order chi connectivity index (χ0) is 36.7. The van der Waals surface area contributed by atoms with Crippen molar-refractivity contribution >= 4 is 56.1 Å². The third kappa shape index (κ3) is 7.99. The Labute approximate surface area is 304 Å². The van der Waals surface area contributed by atoms with E-state index in [4.69, 9.17) is 9.47 Å². The van der Waals surface area contributed by atoms with Gasteiger partial charge in [-0.05, 0) is 86.3 Å². The van der Waals surface area contributed by atoms with Crippen LogP contribution in [-0.2, 0) is 40.4 Å². The number of cyclic esters (lactones) is 1. The van der Waals surface area contributed by atoms with Gasteiger partial charge < -0.3 is 14.4 Å². The van der Waals surface area contributed by atoms with Crippen LogP contribution in [0.1, 0.15) is 84.1 Å². The highest BCUT2D eigenvalue weighted by Gasteiger charge is 2.61. The Bertz CT molecular complexity index is 1840. The molecule has 3 heterocycles. The average Bonchev–Trinajstić information content (AvgIpc) is 4.00. The molecule has 5 atom stereocenters. The molecule has 0 unspecified atom stereocenters. The van der Waals surface area contributed by atoms with Crippen LogP contribution in [0.15, 0.2) is 41.9 Å². The molecule has 4 aliphatic rings. The number of amides is 2. The lowest BCUT2D eigenvalue weighted by molar-refractivity contribution is -0.153. The maximum atomic E-state index is 14.5. The number of pyridine rings is 1. The molecule has 1 saturated heterocycles. The molecule has 0 radical (unpaired) electrons. The van der Waals surface area contributed by atoms with Gasteiger partial charge >= 0.3 is 5.97 Å². The van der Waals surface area contributed by atoms with Gasteiger partial charge in [0.05, 0.1) is 42.2 Å². The molecule has 13 heteroatoms. The van der Waals surface area contributed by atoms with Crippen LogP contribution in [0.4, 0.5) is 0 Å². The predicted octanol–water partition coefficient (Wildman–Crippen LogP) is 5.39. The maximum absolute atomic E-state index is 14.5. The minimum atomic E-state index is -3.84. The van der Waals surface area contributed by atoms with Gasteiger partial charge in [0.25, 0.3) is 0 Å². The maximum Gasteiger partial charge on any atom is 0.306 e. The summed E-state index contributed by atoms with van der Waals surface area (Å²) in [4.78, 5) is 62.8. The highest BCUT2D eigenvalue weighted by molar-refractivity contribution is 7.98. The Kier molecular flexibility index (Phi) is 10.6. The lowest BCUT2D eigenvalue weighted by Gasteiger charge is -2.34. The molecule has 3 fully saturated rings. The summed E-state index contributed by atoms with van der Waals surface area (Å²) in [5.74, 6) is -2.65. The third-order valence-electron chi connectivity index (χ3n) is 10.9. The van der Waals surface area contributed by atoms with Gasteiger partial charge in [0.1, 0.15) is 6.10 Å². The number of fused-ring (bicyclic) bond motifs is 3. The minimum Gasteiger partial charge on any atom is -0.472 e. The van der Waals surface area contributed by atoms with Crippen LogP contribution < -0.4 is 9.46 Å².